The van der Waals surface area contributed by atoms with Gasteiger partial charge in [-0.25, -0.2) is 4.79 Å². The van der Waals surface area contributed by atoms with Gasteiger partial charge < -0.3 is 15.5 Å². The zero-order valence-corrected chi connectivity index (χ0v) is 23.6. The number of rotatable bonds is 12. The maximum atomic E-state index is 12.8. The average Bonchev–Trinajstić information content (AvgIpc) is 2.84. The Morgan fingerprint density at radius 2 is 1.64 bits per heavy atom. The number of aliphatic hydroxyl groups is 1. The third-order valence-corrected chi connectivity index (χ3v) is 8.76. The summed E-state index contributed by atoms with van der Waals surface area (Å²) >= 11 is 0. The Kier molecular flexibility index (Phi) is 9.75. The summed E-state index contributed by atoms with van der Waals surface area (Å²) in [6.07, 6.45) is 10.8. The Hall–Kier alpha value is -2.40. The lowest BCUT2D eigenvalue weighted by molar-refractivity contribution is -0.143. The summed E-state index contributed by atoms with van der Waals surface area (Å²) in [4.78, 5) is 24.3. The van der Waals surface area contributed by atoms with E-state index >= 15 is 0 Å². The lowest BCUT2D eigenvalue weighted by Crippen LogP contribution is -2.49. The minimum atomic E-state index is -1.34. The molecular formula is C31H47NO4. The van der Waals surface area contributed by atoms with Crippen LogP contribution in [0.1, 0.15) is 115 Å². The second kappa shape index (κ2) is 11.8. The number of carboxylic acids is 1. The number of carbonyl (C=O) groups is 2. The number of hydrogen-bond acceptors (Lipinski definition) is 3. The maximum Gasteiger partial charge on any atom is 0.328 e. The molecule has 5 nitrogen and oxygen atoms in total. The van der Waals surface area contributed by atoms with Crippen molar-refractivity contribution in [2.75, 3.05) is 0 Å². The second-order valence-electron chi connectivity index (χ2n) is 11.2. The first-order chi connectivity index (χ1) is 16.8. The molecule has 1 amide bonds. The highest BCUT2D eigenvalue weighted by atomic mass is 16.4. The Labute approximate surface area is 218 Å². The molecular weight excluding hydrogens is 450 g/mol. The molecule has 1 unspecified atom stereocenters. The number of amides is 1. The summed E-state index contributed by atoms with van der Waals surface area (Å²) in [6.45, 7) is 15.7. The van der Waals surface area contributed by atoms with Crippen molar-refractivity contribution in [1.29, 1.82) is 0 Å². The highest BCUT2D eigenvalue weighted by Gasteiger charge is 2.38. The fourth-order valence-electron chi connectivity index (χ4n) is 5.58. The van der Waals surface area contributed by atoms with Crippen LogP contribution in [0.25, 0.3) is 0 Å². The van der Waals surface area contributed by atoms with Gasteiger partial charge in [0.2, 0.25) is 0 Å². The standard InChI is InChI=1S/C31H47NO4/c1-9-30(36,10-2)18-17-23-13-14-24(19-21(23)5)31(11-3,12-4)25-15-16-26(22(6)20-25)27(33)32-29(7,8)28(34)35/h13-16,20,24,36H,9-12,17-19H2,1-8H3,(H,32,33)(H,34,35). The van der Waals surface area contributed by atoms with Crippen molar-refractivity contribution < 1.29 is 19.8 Å². The van der Waals surface area contributed by atoms with Crippen LogP contribution >= 0.6 is 0 Å². The van der Waals surface area contributed by atoms with E-state index in [9.17, 15) is 19.8 Å². The first-order valence-corrected chi connectivity index (χ1v) is 13.5. The highest BCUT2D eigenvalue weighted by molar-refractivity contribution is 5.98. The molecule has 200 valence electrons. The quantitative estimate of drug-likeness (QED) is 0.294. The van der Waals surface area contributed by atoms with Gasteiger partial charge in [-0.2, -0.15) is 0 Å². The van der Waals surface area contributed by atoms with Crippen LogP contribution in [0.5, 0.6) is 0 Å². The smallest absolute Gasteiger partial charge is 0.328 e. The van der Waals surface area contributed by atoms with Gasteiger partial charge in [0.15, 0.2) is 0 Å². The molecule has 0 fully saturated rings. The van der Waals surface area contributed by atoms with Crippen LogP contribution in [0, 0.1) is 12.8 Å². The van der Waals surface area contributed by atoms with Gasteiger partial charge in [0, 0.05) is 11.0 Å². The molecule has 1 aromatic rings. The summed E-state index contributed by atoms with van der Waals surface area (Å²) in [5, 5.41) is 22.7. The molecule has 0 saturated carbocycles. The van der Waals surface area contributed by atoms with Crippen LogP contribution in [0.2, 0.25) is 0 Å². The Balaban J connectivity index is 2.30. The van der Waals surface area contributed by atoms with Crippen molar-refractivity contribution in [2.45, 2.75) is 117 Å². The van der Waals surface area contributed by atoms with E-state index in [0.717, 1.165) is 50.5 Å². The molecule has 3 N–H and O–H groups in total. The molecule has 1 aliphatic carbocycles. The SMILES string of the molecule is CCC(O)(CC)CCC1=C(C)CC(C(CC)(CC)c2ccc(C(=O)NC(C)(C)C(=O)O)c(C)c2)C=C1. The summed E-state index contributed by atoms with van der Waals surface area (Å²) in [7, 11) is 0. The molecule has 1 atom stereocenters. The molecule has 1 aliphatic rings. The second-order valence-corrected chi connectivity index (χ2v) is 11.2. The topological polar surface area (TPSA) is 86.6 Å². The lowest BCUT2D eigenvalue weighted by atomic mass is 9.63. The van der Waals surface area contributed by atoms with Crippen molar-refractivity contribution in [1.82, 2.24) is 5.32 Å². The summed E-state index contributed by atoms with van der Waals surface area (Å²) in [5.74, 6) is -1.09. The molecule has 0 saturated heterocycles. The van der Waals surface area contributed by atoms with Gasteiger partial charge in [0.05, 0.1) is 5.60 Å². The van der Waals surface area contributed by atoms with Gasteiger partial charge in [-0.1, -0.05) is 57.6 Å². The Morgan fingerprint density at radius 3 is 2.11 bits per heavy atom. The monoisotopic (exact) mass is 497 g/mol. The zero-order chi connectivity index (χ0) is 27.3. The van der Waals surface area contributed by atoms with Crippen LogP contribution < -0.4 is 5.32 Å². The number of aliphatic carboxylic acids is 1. The van der Waals surface area contributed by atoms with E-state index in [-0.39, 0.29) is 11.3 Å². The third kappa shape index (κ3) is 6.29. The van der Waals surface area contributed by atoms with Crippen molar-refractivity contribution in [3.8, 4) is 0 Å². The van der Waals surface area contributed by atoms with Crippen molar-refractivity contribution in [2.24, 2.45) is 5.92 Å². The van der Waals surface area contributed by atoms with Crippen molar-refractivity contribution in [3.63, 3.8) is 0 Å². The average molecular weight is 498 g/mol. The van der Waals surface area contributed by atoms with E-state index in [1.54, 1.807) is 0 Å². The lowest BCUT2D eigenvalue weighted by Gasteiger charge is -2.41. The van der Waals surface area contributed by atoms with Crippen molar-refractivity contribution in [3.05, 3.63) is 58.2 Å². The molecule has 0 heterocycles. The van der Waals surface area contributed by atoms with E-state index in [2.05, 4.69) is 58.2 Å². The van der Waals surface area contributed by atoms with Gasteiger partial charge in [-0.05, 0) is 101 Å². The summed E-state index contributed by atoms with van der Waals surface area (Å²) < 4.78 is 0. The van der Waals surface area contributed by atoms with E-state index in [4.69, 9.17) is 0 Å². The molecule has 0 radical (unpaired) electrons. The van der Waals surface area contributed by atoms with E-state index in [1.807, 2.05) is 19.1 Å². The first kappa shape index (κ1) is 29.8. The van der Waals surface area contributed by atoms with Gasteiger partial charge in [-0.3, -0.25) is 4.79 Å². The molecule has 0 aliphatic heterocycles. The molecule has 36 heavy (non-hydrogen) atoms. The molecule has 0 aromatic heterocycles. The van der Waals surface area contributed by atoms with Crippen LogP contribution in [0.3, 0.4) is 0 Å². The largest absolute Gasteiger partial charge is 0.480 e. The van der Waals surface area contributed by atoms with Crippen LogP contribution in [0.15, 0.2) is 41.5 Å². The number of carboxylic acid groups (broad SMARTS) is 1. The third-order valence-electron chi connectivity index (χ3n) is 8.76. The van der Waals surface area contributed by atoms with Gasteiger partial charge in [0.1, 0.15) is 5.54 Å². The van der Waals surface area contributed by atoms with Crippen molar-refractivity contribution >= 4 is 11.9 Å². The van der Waals surface area contributed by atoms with Crippen LogP contribution in [-0.4, -0.2) is 33.2 Å². The predicted molar refractivity (Wildman–Crippen MR) is 147 cm³/mol. The molecule has 5 heteroatoms. The number of nitrogens with one attached hydrogen (secondary N) is 1. The number of benzene rings is 1. The van der Waals surface area contributed by atoms with E-state index in [0.29, 0.717) is 11.5 Å². The minimum Gasteiger partial charge on any atom is -0.480 e. The van der Waals surface area contributed by atoms with Crippen LogP contribution in [-0.2, 0) is 10.2 Å². The normalized spacial score (nSPS) is 16.9. The fourth-order valence-corrected chi connectivity index (χ4v) is 5.58. The first-order valence-electron chi connectivity index (χ1n) is 13.5. The minimum absolute atomic E-state index is 0.0586. The zero-order valence-electron chi connectivity index (χ0n) is 23.6. The summed E-state index contributed by atoms with van der Waals surface area (Å²) in [6, 6.07) is 6.00. The van der Waals surface area contributed by atoms with Gasteiger partial charge in [0.25, 0.3) is 5.91 Å². The fraction of sp³-hybridized carbons (Fsp3) is 0.613. The van der Waals surface area contributed by atoms with E-state index < -0.39 is 17.1 Å². The molecule has 0 bridgehead atoms. The number of aryl methyl sites for hydroxylation is 1. The predicted octanol–water partition coefficient (Wildman–Crippen LogP) is 6.87. The summed E-state index contributed by atoms with van der Waals surface area (Å²) in [5.41, 5.74) is 3.34. The van der Waals surface area contributed by atoms with E-state index in [1.165, 1.54) is 30.6 Å². The molecule has 0 spiro atoms. The number of allylic oxidation sites excluding steroid dienone is 4. The van der Waals surface area contributed by atoms with Gasteiger partial charge in [-0.15, -0.1) is 0 Å². The highest BCUT2D eigenvalue weighted by Crippen LogP contribution is 2.45. The van der Waals surface area contributed by atoms with Gasteiger partial charge >= 0.3 is 5.97 Å². The number of carbonyl (C=O) groups excluding carboxylic acids is 1. The Morgan fingerprint density at radius 1 is 1.03 bits per heavy atom. The molecule has 2 rings (SSSR count). The maximum absolute atomic E-state index is 12.8. The Bertz CT molecular complexity index is 1010. The van der Waals surface area contributed by atoms with Crippen LogP contribution in [0.4, 0.5) is 0 Å². The number of hydrogen-bond donors (Lipinski definition) is 3. The molecule has 1 aromatic carbocycles.